The minimum atomic E-state index is -1.55. The first-order valence-electron chi connectivity index (χ1n) is 22.0. The number of likely N-dealkylation sites (N-methyl/N-ethyl adjacent to an activating group) is 1. The van der Waals surface area contributed by atoms with E-state index in [9.17, 15) is 29.1 Å². The Morgan fingerprint density at radius 1 is 0.910 bits per heavy atom. The van der Waals surface area contributed by atoms with Gasteiger partial charge in [-0.3, -0.25) is 24.0 Å². The Balaban J connectivity index is 1.60. The van der Waals surface area contributed by atoms with E-state index in [1.165, 1.54) is 26.1 Å². The first-order valence-corrected chi connectivity index (χ1v) is 22.0. The number of amides is 5. The maximum atomic E-state index is 14.8. The number of carbonyl (C=O) groups excluding carboxylic acids is 5. The second-order valence-corrected chi connectivity index (χ2v) is 17.3. The number of nitriles is 1. The summed E-state index contributed by atoms with van der Waals surface area (Å²) in [5, 5.41) is 31.6. The number of fused-ring (bicyclic) bond motifs is 5. The lowest BCUT2D eigenvalue weighted by Gasteiger charge is -2.33. The van der Waals surface area contributed by atoms with Crippen molar-refractivity contribution < 1.29 is 38.6 Å². The molecule has 4 bridgehead atoms. The summed E-state index contributed by atoms with van der Waals surface area (Å²) in [7, 11) is 1.36. The number of nitrogens with one attached hydrogen (secondary N) is 4. The van der Waals surface area contributed by atoms with E-state index in [0.717, 1.165) is 16.0 Å². The number of aromatic hydroxyl groups is 1. The van der Waals surface area contributed by atoms with Crippen LogP contribution in [0, 0.1) is 25.2 Å². The topological polar surface area (TPSA) is 303 Å². The lowest BCUT2D eigenvalue weighted by Crippen LogP contribution is -2.56. The van der Waals surface area contributed by atoms with Crippen molar-refractivity contribution in [3.8, 4) is 45.8 Å². The van der Waals surface area contributed by atoms with Gasteiger partial charge in [0.05, 0.1) is 23.0 Å². The predicted molar refractivity (Wildman–Crippen MR) is 251 cm³/mol. The Bertz CT molecular complexity index is 2500. The van der Waals surface area contributed by atoms with Crippen LogP contribution < -0.4 is 47.9 Å². The van der Waals surface area contributed by atoms with Crippen LogP contribution in [0.2, 0.25) is 0 Å². The van der Waals surface area contributed by atoms with Gasteiger partial charge in [0, 0.05) is 43.2 Å². The monoisotopic (exact) mass is 919 g/mol. The molecular weight excluding hydrogens is 859 g/mol. The van der Waals surface area contributed by atoms with Crippen LogP contribution in [0.3, 0.4) is 0 Å². The highest BCUT2D eigenvalue weighted by Crippen LogP contribution is 2.44. The number of carbonyl (C=O) groups is 5. The van der Waals surface area contributed by atoms with Gasteiger partial charge in [-0.2, -0.15) is 5.26 Å². The molecular formula is C48H61N11O8. The van der Waals surface area contributed by atoms with Gasteiger partial charge < -0.3 is 57.9 Å². The lowest BCUT2D eigenvalue weighted by molar-refractivity contribution is -0.141. The smallest absolute Gasteiger partial charge is 0.255 e. The maximum absolute atomic E-state index is 14.8. The number of rotatable bonds is 15. The third-order valence-corrected chi connectivity index (χ3v) is 11.2. The summed E-state index contributed by atoms with van der Waals surface area (Å²) >= 11 is 0. The van der Waals surface area contributed by atoms with E-state index < -0.39 is 53.7 Å². The number of nitrogens with zero attached hydrogens (tertiary/aromatic N) is 4. The molecule has 11 N–H and O–H groups in total. The normalized spacial score (nSPS) is 16.6. The number of phenols is 1. The van der Waals surface area contributed by atoms with Crippen molar-refractivity contribution in [2.75, 3.05) is 46.4 Å². The van der Waals surface area contributed by atoms with E-state index >= 15 is 0 Å². The molecule has 0 fully saturated rings. The van der Waals surface area contributed by atoms with Crippen LogP contribution in [-0.4, -0.2) is 114 Å². The van der Waals surface area contributed by atoms with Crippen molar-refractivity contribution in [1.29, 1.82) is 5.26 Å². The first-order chi connectivity index (χ1) is 31.8. The average molecular weight is 920 g/mol. The Morgan fingerprint density at radius 3 is 2.15 bits per heavy atom. The zero-order valence-electron chi connectivity index (χ0n) is 39.0. The highest BCUT2D eigenvalue weighted by atomic mass is 16.5. The molecule has 1 aromatic heterocycles. The summed E-state index contributed by atoms with van der Waals surface area (Å²) in [5.41, 5.74) is 21.4. The summed E-state index contributed by atoms with van der Waals surface area (Å²) in [6.07, 6.45) is -0.117. The lowest BCUT2D eigenvalue weighted by atomic mass is 9.86. The van der Waals surface area contributed by atoms with Crippen LogP contribution in [0.15, 0.2) is 54.6 Å². The summed E-state index contributed by atoms with van der Waals surface area (Å²) in [4.78, 5) is 81.1. The molecule has 356 valence electrons. The highest BCUT2D eigenvalue weighted by molar-refractivity contribution is 6.00. The number of phenolic OH excluding ortho intramolecular Hbond substituents is 1. The molecule has 19 heteroatoms. The molecule has 1 aliphatic rings. The molecule has 0 saturated heterocycles. The minimum Gasteiger partial charge on any atom is -0.504 e. The Morgan fingerprint density at radius 2 is 1.55 bits per heavy atom. The van der Waals surface area contributed by atoms with E-state index in [1.54, 1.807) is 32.0 Å². The van der Waals surface area contributed by atoms with Gasteiger partial charge >= 0.3 is 0 Å². The van der Waals surface area contributed by atoms with Gasteiger partial charge in [0.1, 0.15) is 49.7 Å². The molecule has 4 atom stereocenters. The fourth-order valence-electron chi connectivity index (χ4n) is 7.70. The van der Waals surface area contributed by atoms with E-state index in [4.69, 9.17) is 31.9 Å². The van der Waals surface area contributed by atoms with E-state index in [-0.39, 0.29) is 97.2 Å². The Hall–Kier alpha value is -7.14. The SMILES string of the molecule is Cc1nc(-c2ccc(C(C)(C)C)cc2)nc(C)c1C(=O)N[C@@H](CCN)C(=O)N(C)[C@@H]1C(=O)N[C@@H](C)C(=O)N[C@H](C(=O)NCC#N)Cc2ccc(OCCN)c(c2)-c2cc1cc(OCCN)c2O. The van der Waals surface area contributed by atoms with Crippen LogP contribution in [0.1, 0.15) is 78.6 Å². The molecule has 0 spiro atoms. The third kappa shape index (κ3) is 12.2. The molecule has 2 heterocycles. The van der Waals surface area contributed by atoms with Crippen molar-refractivity contribution in [3.05, 3.63) is 88.2 Å². The van der Waals surface area contributed by atoms with Gasteiger partial charge in [-0.1, -0.05) is 51.1 Å². The second kappa shape index (κ2) is 22.4. The van der Waals surface area contributed by atoms with Crippen LogP contribution >= 0.6 is 0 Å². The summed E-state index contributed by atoms with van der Waals surface area (Å²) in [6.45, 7) is 11.0. The van der Waals surface area contributed by atoms with Crippen LogP contribution in [0.5, 0.6) is 17.2 Å². The number of aromatic nitrogens is 2. The average Bonchev–Trinajstić information content (AvgIpc) is 3.28. The standard InChI is InChI=1S/C48H61N11O8/c1-26-39(27(2)55-42(54-26)30-9-11-32(12-10-30)48(4,5)6)45(63)57-35(14-15-49)47(65)59(7)40-31-24-34(41(60)38(25-31)67-21-18-52)33-22-29(8-13-37(33)66-20-17-51)23-36(44(62)53-19-16-50)58-43(61)28(3)56-46(40)64/h8-13,22,24-25,28,35-36,40,60H,14-15,17-21,23,49,51-52H2,1-7H3,(H,53,62)(H,56,64)(H,57,63)(H,58,61)/t28-,35-,36-,40-/m0/s1. The molecule has 1 aliphatic heterocycles. The third-order valence-electron chi connectivity index (χ3n) is 11.2. The van der Waals surface area contributed by atoms with E-state index in [2.05, 4.69) is 52.0 Å². The van der Waals surface area contributed by atoms with E-state index in [0.29, 0.717) is 22.8 Å². The summed E-state index contributed by atoms with van der Waals surface area (Å²) < 4.78 is 11.9. The zero-order valence-corrected chi connectivity index (χ0v) is 39.0. The number of benzene rings is 3. The zero-order chi connectivity index (χ0) is 49.2. The quantitative estimate of drug-likeness (QED) is 0.0791. The van der Waals surface area contributed by atoms with Crippen LogP contribution in [0.25, 0.3) is 22.5 Å². The number of hydrogen-bond donors (Lipinski definition) is 8. The summed E-state index contributed by atoms with van der Waals surface area (Å²) in [5.74, 6) is -3.39. The molecule has 5 amide bonds. The van der Waals surface area contributed by atoms with Crippen LogP contribution in [0.4, 0.5) is 0 Å². The molecule has 67 heavy (non-hydrogen) atoms. The summed E-state index contributed by atoms with van der Waals surface area (Å²) in [6, 6.07) is 12.2. The largest absolute Gasteiger partial charge is 0.504 e. The molecule has 5 rings (SSSR count). The first kappa shape index (κ1) is 50.9. The van der Waals surface area contributed by atoms with Gasteiger partial charge in [0.2, 0.25) is 23.6 Å². The second-order valence-electron chi connectivity index (χ2n) is 17.3. The Kier molecular flexibility index (Phi) is 17.0. The number of hydrogen-bond acceptors (Lipinski definition) is 14. The highest BCUT2D eigenvalue weighted by Gasteiger charge is 2.37. The maximum Gasteiger partial charge on any atom is 0.255 e. The number of aryl methyl sites for hydroxylation is 2. The fourth-order valence-corrected chi connectivity index (χ4v) is 7.70. The molecule has 0 aliphatic carbocycles. The predicted octanol–water partition coefficient (Wildman–Crippen LogP) is 1.94. The Labute approximate surface area is 390 Å². The molecule has 0 saturated carbocycles. The molecule has 0 radical (unpaired) electrons. The van der Waals surface area contributed by atoms with Gasteiger partial charge in [0.15, 0.2) is 17.3 Å². The van der Waals surface area contributed by atoms with Crippen molar-refractivity contribution in [2.45, 2.75) is 84.0 Å². The fraction of sp³-hybridized carbons (Fsp3) is 0.417. The van der Waals surface area contributed by atoms with Gasteiger partial charge in [0.25, 0.3) is 5.91 Å². The molecule has 0 unspecified atom stereocenters. The number of ether oxygens (including phenoxy) is 2. The minimum absolute atomic E-state index is 0.0397. The molecule has 19 nitrogen and oxygen atoms in total. The molecule has 4 aromatic rings. The van der Waals surface area contributed by atoms with Crippen LogP contribution in [-0.2, 0) is 31.0 Å². The van der Waals surface area contributed by atoms with Gasteiger partial charge in [-0.25, -0.2) is 9.97 Å². The van der Waals surface area contributed by atoms with Crippen molar-refractivity contribution >= 4 is 29.5 Å². The van der Waals surface area contributed by atoms with Gasteiger partial charge in [-0.05, 0) is 80.1 Å². The van der Waals surface area contributed by atoms with E-state index in [1.807, 2.05) is 30.3 Å². The van der Waals surface area contributed by atoms with Crippen molar-refractivity contribution in [1.82, 2.24) is 36.1 Å². The molecule has 3 aromatic carbocycles. The van der Waals surface area contributed by atoms with Crippen molar-refractivity contribution in [2.24, 2.45) is 17.2 Å². The number of nitrogens with two attached hydrogens (primary N) is 3. The van der Waals surface area contributed by atoms with Crippen molar-refractivity contribution in [3.63, 3.8) is 0 Å². The van der Waals surface area contributed by atoms with Gasteiger partial charge in [-0.15, -0.1) is 0 Å².